The van der Waals surface area contributed by atoms with Crippen LogP contribution in [0.4, 0.5) is 4.39 Å². The zero-order valence-electron chi connectivity index (χ0n) is 12.7. The van der Waals surface area contributed by atoms with Crippen LogP contribution in [-0.4, -0.2) is 15.6 Å². The molecular formula is C18H13ClFNO3. The van der Waals surface area contributed by atoms with Gasteiger partial charge in [0, 0.05) is 35.3 Å². The summed E-state index contributed by atoms with van der Waals surface area (Å²) < 4.78 is 21.5. The lowest BCUT2D eigenvalue weighted by atomic mass is 10.1. The number of rotatable bonds is 4. The van der Waals surface area contributed by atoms with E-state index in [1.54, 1.807) is 18.3 Å². The summed E-state index contributed by atoms with van der Waals surface area (Å²) >= 11 is 5.75. The zero-order chi connectivity index (χ0) is 17.3. The predicted molar refractivity (Wildman–Crippen MR) is 91.1 cm³/mol. The van der Waals surface area contributed by atoms with E-state index in [4.69, 9.17) is 21.4 Å². The van der Waals surface area contributed by atoms with Crippen molar-refractivity contribution in [1.82, 2.24) is 4.57 Å². The molecule has 1 N–H and O–H groups in total. The standard InChI is InChI=1S/C18H13ClFNO3/c1-21-10-11(5-8-17(22)23)18-14(21)3-2-4-16(18)24-15-7-6-12(19)9-13(15)20/h2-10H,1H3,(H,22,23). The first kappa shape index (κ1) is 16.1. The maximum absolute atomic E-state index is 14.0. The Morgan fingerprint density at radius 3 is 2.79 bits per heavy atom. The van der Waals surface area contributed by atoms with Gasteiger partial charge in [-0.2, -0.15) is 0 Å². The van der Waals surface area contributed by atoms with Gasteiger partial charge < -0.3 is 14.4 Å². The Kier molecular flexibility index (Phi) is 4.27. The summed E-state index contributed by atoms with van der Waals surface area (Å²) in [4.78, 5) is 10.8. The van der Waals surface area contributed by atoms with Crippen LogP contribution >= 0.6 is 11.6 Å². The lowest BCUT2D eigenvalue weighted by Gasteiger charge is -2.09. The number of ether oxygens (including phenoxy) is 1. The summed E-state index contributed by atoms with van der Waals surface area (Å²) in [7, 11) is 1.84. The second-order valence-electron chi connectivity index (χ2n) is 5.19. The van der Waals surface area contributed by atoms with Crippen molar-refractivity contribution < 1.29 is 19.0 Å². The van der Waals surface area contributed by atoms with Crippen LogP contribution in [0.2, 0.25) is 5.02 Å². The first-order valence-electron chi connectivity index (χ1n) is 7.07. The molecule has 0 saturated heterocycles. The Morgan fingerprint density at radius 1 is 1.29 bits per heavy atom. The molecule has 2 aromatic carbocycles. The monoisotopic (exact) mass is 345 g/mol. The Balaban J connectivity index is 2.12. The molecule has 0 unspecified atom stereocenters. The van der Waals surface area contributed by atoms with Crippen LogP contribution in [0.3, 0.4) is 0 Å². The van der Waals surface area contributed by atoms with E-state index in [2.05, 4.69) is 0 Å². The normalized spacial score (nSPS) is 11.3. The third-order valence-corrected chi connectivity index (χ3v) is 3.76. The number of benzene rings is 2. The Hall–Kier alpha value is -2.79. The Morgan fingerprint density at radius 2 is 2.08 bits per heavy atom. The van der Waals surface area contributed by atoms with E-state index in [1.807, 2.05) is 17.7 Å². The third kappa shape index (κ3) is 3.12. The molecular weight excluding hydrogens is 333 g/mol. The maximum atomic E-state index is 14.0. The zero-order valence-corrected chi connectivity index (χ0v) is 13.4. The fourth-order valence-electron chi connectivity index (χ4n) is 2.50. The highest BCUT2D eigenvalue weighted by atomic mass is 35.5. The van der Waals surface area contributed by atoms with E-state index >= 15 is 0 Å². The van der Waals surface area contributed by atoms with E-state index in [0.29, 0.717) is 16.7 Å². The molecule has 0 atom stereocenters. The number of aromatic nitrogens is 1. The van der Waals surface area contributed by atoms with Gasteiger partial charge in [0.1, 0.15) is 5.75 Å². The highest BCUT2D eigenvalue weighted by molar-refractivity contribution is 6.30. The number of fused-ring (bicyclic) bond motifs is 1. The average molecular weight is 346 g/mol. The fourth-order valence-corrected chi connectivity index (χ4v) is 2.65. The van der Waals surface area contributed by atoms with Gasteiger partial charge in [0.05, 0.1) is 5.52 Å². The van der Waals surface area contributed by atoms with Gasteiger partial charge in [0.15, 0.2) is 11.6 Å². The number of hydrogen-bond donors (Lipinski definition) is 1. The average Bonchev–Trinajstić information content (AvgIpc) is 2.85. The molecule has 0 aliphatic rings. The van der Waals surface area contributed by atoms with E-state index in [1.165, 1.54) is 24.3 Å². The van der Waals surface area contributed by atoms with Gasteiger partial charge in [-0.05, 0) is 36.4 Å². The lowest BCUT2D eigenvalue weighted by molar-refractivity contribution is -0.131. The van der Waals surface area contributed by atoms with Gasteiger partial charge in [-0.3, -0.25) is 0 Å². The number of aryl methyl sites for hydroxylation is 1. The predicted octanol–water partition coefficient (Wildman–Crippen LogP) is 4.86. The summed E-state index contributed by atoms with van der Waals surface area (Å²) in [5.41, 5.74) is 1.51. The minimum Gasteiger partial charge on any atom is -0.478 e. The van der Waals surface area contributed by atoms with Crippen molar-refractivity contribution in [2.24, 2.45) is 7.05 Å². The number of carboxylic acid groups (broad SMARTS) is 1. The number of hydrogen-bond acceptors (Lipinski definition) is 2. The quantitative estimate of drug-likeness (QED) is 0.687. The van der Waals surface area contributed by atoms with E-state index < -0.39 is 11.8 Å². The minimum absolute atomic E-state index is 0.0453. The van der Waals surface area contributed by atoms with Gasteiger partial charge in [-0.1, -0.05) is 17.7 Å². The molecule has 0 spiro atoms. The minimum atomic E-state index is -1.05. The van der Waals surface area contributed by atoms with E-state index in [0.717, 1.165) is 11.6 Å². The van der Waals surface area contributed by atoms with Crippen molar-refractivity contribution in [3.8, 4) is 11.5 Å². The topological polar surface area (TPSA) is 51.5 Å². The lowest BCUT2D eigenvalue weighted by Crippen LogP contribution is -1.90. The van der Waals surface area contributed by atoms with Crippen LogP contribution in [0.15, 0.2) is 48.7 Å². The van der Waals surface area contributed by atoms with Gasteiger partial charge in [-0.15, -0.1) is 0 Å². The maximum Gasteiger partial charge on any atom is 0.328 e. The number of carboxylic acids is 1. The molecule has 0 radical (unpaired) electrons. The van der Waals surface area contributed by atoms with Gasteiger partial charge in [-0.25, -0.2) is 9.18 Å². The number of aliphatic carboxylic acids is 1. The third-order valence-electron chi connectivity index (χ3n) is 3.52. The first-order valence-corrected chi connectivity index (χ1v) is 7.45. The van der Waals surface area contributed by atoms with Crippen molar-refractivity contribution >= 4 is 34.5 Å². The van der Waals surface area contributed by atoms with Crippen LogP contribution in [0, 0.1) is 5.82 Å². The number of carbonyl (C=O) groups is 1. The number of nitrogens with zero attached hydrogens (tertiary/aromatic N) is 1. The molecule has 0 amide bonds. The first-order chi connectivity index (χ1) is 11.5. The Labute approximate surface area is 142 Å². The molecule has 122 valence electrons. The van der Waals surface area contributed by atoms with Crippen molar-refractivity contribution in [2.75, 3.05) is 0 Å². The van der Waals surface area contributed by atoms with Crippen molar-refractivity contribution in [2.45, 2.75) is 0 Å². The summed E-state index contributed by atoms with van der Waals surface area (Å²) in [5.74, 6) is -1.14. The molecule has 1 aromatic heterocycles. The van der Waals surface area contributed by atoms with Crippen LogP contribution in [0.25, 0.3) is 17.0 Å². The van der Waals surface area contributed by atoms with Crippen molar-refractivity contribution in [1.29, 1.82) is 0 Å². The molecule has 3 aromatic rings. The van der Waals surface area contributed by atoms with E-state index in [9.17, 15) is 9.18 Å². The largest absolute Gasteiger partial charge is 0.478 e. The van der Waals surface area contributed by atoms with Crippen molar-refractivity contribution in [3.05, 3.63) is 65.1 Å². The molecule has 4 nitrogen and oxygen atoms in total. The molecule has 6 heteroatoms. The second-order valence-corrected chi connectivity index (χ2v) is 5.63. The second kappa shape index (κ2) is 6.37. The van der Waals surface area contributed by atoms with Crippen LogP contribution in [0.1, 0.15) is 5.56 Å². The summed E-state index contributed by atoms with van der Waals surface area (Å²) in [6.07, 6.45) is 4.32. The fraction of sp³-hybridized carbons (Fsp3) is 0.0556. The van der Waals surface area contributed by atoms with Gasteiger partial charge >= 0.3 is 5.97 Å². The van der Waals surface area contributed by atoms with Gasteiger partial charge in [0.25, 0.3) is 0 Å². The molecule has 1 heterocycles. The van der Waals surface area contributed by atoms with Gasteiger partial charge in [0.2, 0.25) is 0 Å². The van der Waals surface area contributed by atoms with Crippen molar-refractivity contribution in [3.63, 3.8) is 0 Å². The molecule has 0 saturated carbocycles. The molecule has 0 aliphatic heterocycles. The summed E-state index contributed by atoms with van der Waals surface area (Å²) in [5, 5.41) is 9.81. The van der Waals surface area contributed by atoms with Crippen LogP contribution < -0.4 is 4.74 Å². The highest BCUT2D eigenvalue weighted by Gasteiger charge is 2.13. The summed E-state index contributed by atoms with van der Waals surface area (Å²) in [6, 6.07) is 9.53. The van der Waals surface area contributed by atoms with E-state index in [-0.39, 0.29) is 10.8 Å². The molecule has 3 rings (SSSR count). The molecule has 0 bridgehead atoms. The van der Waals surface area contributed by atoms with Crippen LogP contribution in [-0.2, 0) is 11.8 Å². The number of halogens is 2. The smallest absolute Gasteiger partial charge is 0.328 e. The van der Waals surface area contributed by atoms with Crippen LogP contribution in [0.5, 0.6) is 11.5 Å². The summed E-state index contributed by atoms with van der Waals surface area (Å²) in [6.45, 7) is 0. The SMILES string of the molecule is Cn1cc(C=CC(=O)O)c2c(Oc3ccc(Cl)cc3F)cccc21. The molecule has 24 heavy (non-hydrogen) atoms. The highest BCUT2D eigenvalue weighted by Crippen LogP contribution is 2.35. The Bertz CT molecular complexity index is 962. The molecule has 0 fully saturated rings. The molecule has 0 aliphatic carbocycles.